The van der Waals surface area contributed by atoms with Crippen molar-refractivity contribution in [3.8, 4) is 5.00 Å². The molecule has 29 heavy (non-hydrogen) atoms. The summed E-state index contributed by atoms with van der Waals surface area (Å²) in [5.41, 5.74) is 3.39. The van der Waals surface area contributed by atoms with Gasteiger partial charge in [0.05, 0.1) is 5.56 Å². The average Bonchev–Trinajstić information content (AvgIpc) is 3.29. The lowest BCUT2D eigenvalue weighted by atomic mass is 10.1. The van der Waals surface area contributed by atoms with Crippen LogP contribution in [-0.2, 0) is 6.54 Å². The summed E-state index contributed by atoms with van der Waals surface area (Å²) < 4.78 is 1.97. The summed E-state index contributed by atoms with van der Waals surface area (Å²) in [6.07, 6.45) is 3.89. The molecule has 0 saturated heterocycles. The van der Waals surface area contributed by atoms with E-state index < -0.39 is 0 Å². The van der Waals surface area contributed by atoms with E-state index in [2.05, 4.69) is 16.0 Å². The van der Waals surface area contributed by atoms with Crippen molar-refractivity contribution in [2.45, 2.75) is 40.3 Å². The Hall–Kier alpha value is -3.06. The van der Waals surface area contributed by atoms with E-state index in [4.69, 9.17) is 0 Å². The van der Waals surface area contributed by atoms with Gasteiger partial charge < -0.3 is 20.5 Å². The second-order valence-corrected chi connectivity index (χ2v) is 8.39. The minimum absolute atomic E-state index is 0.0742. The third-order valence-electron chi connectivity index (χ3n) is 4.52. The summed E-state index contributed by atoms with van der Waals surface area (Å²) in [7, 11) is 0. The summed E-state index contributed by atoms with van der Waals surface area (Å²) in [6.45, 7) is 8.24. The first kappa shape index (κ1) is 20.7. The van der Waals surface area contributed by atoms with Crippen LogP contribution < -0.4 is 16.0 Å². The van der Waals surface area contributed by atoms with Crippen molar-refractivity contribution in [3.63, 3.8) is 0 Å². The highest BCUT2D eigenvalue weighted by Crippen LogP contribution is 2.31. The summed E-state index contributed by atoms with van der Waals surface area (Å²) in [5.74, 6) is -0.0888. The SMILES string of the molecule is Cc1sc(-n2cccc2)c(C(=O)NCc2ccc(NC(=O)NC(C)C)cc2)c1C. The molecule has 1 aromatic carbocycles. The zero-order chi connectivity index (χ0) is 21.0. The third kappa shape index (κ3) is 5.06. The van der Waals surface area contributed by atoms with E-state index in [1.165, 1.54) is 0 Å². The average molecular weight is 411 g/mol. The number of anilines is 1. The molecule has 3 rings (SSSR count). The van der Waals surface area contributed by atoms with Gasteiger partial charge in [0.2, 0.25) is 0 Å². The normalized spacial score (nSPS) is 10.8. The standard InChI is InChI=1S/C22H26N4O2S/c1-14(2)24-22(28)25-18-9-7-17(8-10-18)13-23-20(27)19-15(3)16(4)29-21(19)26-11-5-6-12-26/h5-12,14H,13H2,1-4H3,(H,23,27)(H2,24,25,28). The minimum Gasteiger partial charge on any atom is -0.348 e. The molecular formula is C22H26N4O2S. The fourth-order valence-corrected chi connectivity index (χ4v) is 4.05. The molecular weight excluding hydrogens is 384 g/mol. The Balaban J connectivity index is 1.65. The number of aryl methyl sites for hydroxylation is 1. The van der Waals surface area contributed by atoms with Gasteiger partial charge in [0.1, 0.15) is 5.00 Å². The highest BCUT2D eigenvalue weighted by atomic mass is 32.1. The topological polar surface area (TPSA) is 75.2 Å². The second kappa shape index (κ2) is 8.96. The molecule has 0 fully saturated rings. The Morgan fingerprint density at radius 3 is 2.34 bits per heavy atom. The van der Waals surface area contributed by atoms with E-state index in [1.807, 2.05) is 81.1 Å². The number of nitrogens with one attached hydrogen (secondary N) is 3. The Bertz CT molecular complexity index is 989. The molecule has 0 bridgehead atoms. The number of urea groups is 1. The van der Waals surface area contributed by atoms with Gasteiger partial charge in [-0.25, -0.2) is 4.79 Å². The van der Waals surface area contributed by atoms with E-state index in [1.54, 1.807) is 11.3 Å². The fourth-order valence-electron chi connectivity index (χ4n) is 2.93. The van der Waals surface area contributed by atoms with Gasteiger partial charge in [0.25, 0.3) is 5.91 Å². The summed E-state index contributed by atoms with van der Waals surface area (Å²) in [5, 5.41) is 9.51. The maximum Gasteiger partial charge on any atom is 0.319 e. The minimum atomic E-state index is -0.234. The first-order valence-corrected chi connectivity index (χ1v) is 10.3. The Kier molecular flexibility index (Phi) is 6.39. The molecule has 0 spiro atoms. The van der Waals surface area contributed by atoms with Crippen LogP contribution >= 0.6 is 11.3 Å². The van der Waals surface area contributed by atoms with Crippen molar-refractivity contribution in [2.75, 3.05) is 5.32 Å². The van der Waals surface area contributed by atoms with Crippen molar-refractivity contribution in [1.82, 2.24) is 15.2 Å². The number of nitrogens with zero attached hydrogens (tertiary/aromatic N) is 1. The molecule has 0 aliphatic rings. The quantitative estimate of drug-likeness (QED) is 0.555. The number of carbonyl (C=O) groups excluding carboxylic acids is 2. The van der Waals surface area contributed by atoms with Crippen molar-refractivity contribution in [2.24, 2.45) is 0 Å². The monoisotopic (exact) mass is 410 g/mol. The number of aromatic nitrogens is 1. The molecule has 0 aliphatic carbocycles. The molecule has 7 heteroatoms. The molecule has 3 amide bonds. The molecule has 0 radical (unpaired) electrons. The van der Waals surface area contributed by atoms with Gasteiger partial charge in [-0.1, -0.05) is 12.1 Å². The van der Waals surface area contributed by atoms with Crippen LogP contribution in [0.25, 0.3) is 5.00 Å². The summed E-state index contributed by atoms with van der Waals surface area (Å²) in [4.78, 5) is 25.8. The van der Waals surface area contributed by atoms with Crippen LogP contribution in [0.4, 0.5) is 10.5 Å². The first-order chi connectivity index (χ1) is 13.8. The van der Waals surface area contributed by atoms with E-state index in [0.717, 1.165) is 21.0 Å². The Labute approximate surface area is 174 Å². The first-order valence-electron chi connectivity index (χ1n) is 9.53. The van der Waals surface area contributed by atoms with E-state index in [9.17, 15) is 9.59 Å². The Morgan fingerprint density at radius 2 is 1.72 bits per heavy atom. The van der Waals surface area contributed by atoms with Crippen LogP contribution in [-0.4, -0.2) is 22.5 Å². The van der Waals surface area contributed by atoms with Crippen molar-refractivity contribution in [1.29, 1.82) is 0 Å². The zero-order valence-corrected chi connectivity index (χ0v) is 17.9. The van der Waals surface area contributed by atoms with Crippen molar-refractivity contribution in [3.05, 3.63) is 70.4 Å². The van der Waals surface area contributed by atoms with Crippen molar-refractivity contribution < 1.29 is 9.59 Å². The molecule has 152 valence electrons. The fraction of sp³-hybridized carbons (Fsp3) is 0.273. The number of rotatable bonds is 6. The maximum absolute atomic E-state index is 12.9. The lowest BCUT2D eigenvalue weighted by molar-refractivity contribution is 0.0950. The summed E-state index contributed by atoms with van der Waals surface area (Å²) in [6, 6.07) is 11.2. The number of carbonyl (C=O) groups is 2. The van der Waals surface area contributed by atoms with E-state index in [0.29, 0.717) is 17.8 Å². The third-order valence-corrected chi connectivity index (χ3v) is 5.74. The van der Waals surface area contributed by atoms with Gasteiger partial charge >= 0.3 is 6.03 Å². The van der Waals surface area contributed by atoms with Gasteiger partial charge in [-0.2, -0.15) is 0 Å². The van der Waals surface area contributed by atoms with Crippen LogP contribution in [0.15, 0.2) is 48.8 Å². The zero-order valence-electron chi connectivity index (χ0n) is 17.1. The maximum atomic E-state index is 12.9. The number of amides is 3. The van der Waals surface area contributed by atoms with Crippen LogP contribution in [0.2, 0.25) is 0 Å². The van der Waals surface area contributed by atoms with Crippen LogP contribution in [0, 0.1) is 13.8 Å². The molecule has 0 unspecified atom stereocenters. The van der Waals surface area contributed by atoms with Gasteiger partial charge in [-0.05, 0) is 63.1 Å². The number of thiophene rings is 1. The van der Waals surface area contributed by atoms with E-state index >= 15 is 0 Å². The molecule has 3 N–H and O–H groups in total. The molecule has 2 heterocycles. The van der Waals surface area contributed by atoms with Gasteiger partial charge in [-0.15, -0.1) is 11.3 Å². The predicted octanol–water partition coefficient (Wildman–Crippen LogP) is 4.62. The molecule has 3 aromatic rings. The highest BCUT2D eigenvalue weighted by Gasteiger charge is 2.20. The molecule has 6 nitrogen and oxygen atoms in total. The van der Waals surface area contributed by atoms with E-state index in [-0.39, 0.29) is 18.0 Å². The van der Waals surface area contributed by atoms with Crippen molar-refractivity contribution >= 4 is 29.0 Å². The van der Waals surface area contributed by atoms with Gasteiger partial charge in [0, 0.05) is 35.5 Å². The summed E-state index contributed by atoms with van der Waals surface area (Å²) >= 11 is 1.62. The number of hydrogen-bond acceptors (Lipinski definition) is 3. The smallest absolute Gasteiger partial charge is 0.319 e. The number of benzene rings is 1. The Morgan fingerprint density at radius 1 is 1.07 bits per heavy atom. The largest absolute Gasteiger partial charge is 0.348 e. The van der Waals surface area contributed by atoms with Gasteiger partial charge in [0.15, 0.2) is 0 Å². The lowest BCUT2D eigenvalue weighted by Gasteiger charge is -2.11. The predicted molar refractivity (Wildman–Crippen MR) is 118 cm³/mol. The molecule has 0 atom stereocenters. The van der Waals surface area contributed by atoms with Gasteiger partial charge in [-0.3, -0.25) is 4.79 Å². The highest BCUT2D eigenvalue weighted by molar-refractivity contribution is 7.15. The van der Waals surface area contributed by atoms with Crippen LogP contribution in [0.1, 0.15) is 40.2 Å². The molecule has 0 aliphatic heterocycles. The lowest BCUT2D eigenvalue weighted by Crippen LogP contribution is -2.34. The molecule has 0 saturated carbocycles. The second-order valence-electron chi connectivity index (χ2n) is 7.19. The van der Waals surface area contributed by atoms with Crippen LogP contribution in [0.3, 0.4) is 0 Å². The molecule has 2 aromatic heterocycles. The number of hydrogen-bond donors (Lipinski definition) is 3. The van der Waals surface area contributed by atoms with Crippen LogP contribution in [0.5, 0.6) is 0 Å².